The van der Waals surface area contributed by atoms with Crippen molar-refractivity contribution < 1.29 is 4.79 Å². The molecule has 19 heavy (non-hydrogen) atoms. The molecule has 104 valence electrons. The van der Waals surface area contributed by atoms with Gasteiger partial charge in [-0.2, -0.15) is 0 Å². The number of likely N-dealkylation sites (tertiary alicyclic amines) is 1. The fraction of sp³-hybridized carbons (Fsp3) is 0.588. The number of Topliss-reactive ketones (excluding diaryl/α,β-unsaturated/α-hetero) is 1. The minimum absolute atomic E-state index is 0.248. The van der Waals surface area contributed by atoms with Gasteiger partial charge >= 0.3 is 0 Å². The molecule has 0 amide bonds. The maximum absolute atomic E-state index is 12.7. The molecule has 1 aliphatic heterocycles. The lowest BCUT2D eigenvalue weighted by Crippen LogP contribution is -2.48. The summed E-state index contributed by atoms with van der Waals surface area (Å²) in [5.74, 6) is 0.248. The summed E-state index contributed by atoms with van der Waals surface area (Å²) in [5, 5.41) is 0. The third-order valence-corrected chi connectivity index (χ3v) is 4.21. The number of carbonyl (C=O) groups is 1. The normalized spacial score (nSPS) is 16.8. The monoisotopic (exact) mass is 259 g/mol. The van der Waals surface area contributed by atoms with Crippen LogP contribution in [0.15, 0.2) is 24.3 Å². The highest BCUT2D eigenvalue weighted by Crippen LogP contribution is 2.25. The van der Waals surface area contributed by atoms with Gasteiger partial charge in [-0.25, -0.2) is 0 Å². The molecule has 0 spiro atoms. The van der Waals surface area contributed by atoms with Crippen LogP contribution in [-0.4, -0.2) is 29.3 Å². The first-order valence-electron chi connectivity index (χ1n) is 7.44. The third-order valence-electron chi connectivity index (χ3n) is 4.21. The molecule has 2 rings (SSSR count). The van der Waals surface area contributed by atoms with Gasteiger partial charge in [-0.15, -0.1) is 0 Å². The highest BCUT2D eigenvalue weighted by molar-refractivity contribution is 6.02. The zero-order chi connectivity index (χ0) is 13.9. The van der Waals surface area contributed by atoms with Gasteiger partial charge in [-0.1, -0.05) is 37.6 Å². The Morgan fingerprint density at radius 3 is 2.26 bits per heavy atom. The van der Waals surface area contributed by atoms with Crippen molar-refractivity contribution in [1.29, 1.82) is 0 Å². The van der Waals surface area contributed by atoms with Crippen molar-refractivity contribution in [1.82, 2.24) is 4.90 Å². The number of benzene rings is 1. The highest BCUT2D eigenvalue weighted by atomic mass is 16.1. The Hall–Kier alpha value is -1.15. The van der Waals surface area contributed by atoms with Crippen LogP contribution in [0.4, 0.5) is 0 Å². The van der Waals surface area contributed by atoms with E-state index in [2.05, 4.69) is 37.8 Å². The van der Waals surface area contributed by atoms with Gasteiger partial charge in [0, 0.05) is 5.56 Å². The first-order chi connectivity index (χ1) is 9.05. The van der Waals surface area contributed by atoms with Crippen LogP contribution in [0.3, 0.4) is 0 Å². The molecule has 0 radical (unpaired) electrons. The Bertz CT molecular complexity index is 427. The maximum Gasteiger partial charge on any atom is 0.182 e. The lowest BCUT2D eigenvalue weighted by Gasteiger charge is -2.33. The summed E-state index contributed by atoms with van der Waals surface area (Å²) in [6.07, 6.45) is 4.66. The first kappa shape index (κ1) is 14.3. The summed E-state index contributed by atoms with van der Waals surface area (Å²) in [6.45, 7) is 8.39. The molecule has 0 bridgehead atoms. The molecule has 0 aromatic heterocycles. The number of ketones is 1. The van der Waals surface area contributed by atoms with Gasteiger partial charge in [-0.05, 0) is 51.8 Å². The van der Waals surface area contributed by atoms with Crippen molar-refractivity contribution in [3.63, 3.8) is 0 Å². The van der Waals surface area contributed by atoms with E-state index in [-0.39, 0.29) is 11.3 Å². The largest absolute Gasteiger partial charge is 0.292 e. The van der Waals surface area contributed by atoms with Gasteiger partial charge in [0.25, 0.3) is 0 Å². The summed E-state index contributed by atoms with van der Waals surface area (Å²) in [7, 11) is 0. The van der Waals surface area contributed by atoms with E-state index in [4.69, 9.17) is 0 Å². The molecule has 0 N–H and O–H groups in total. The molecular formula is C17H25NO. The zero-order valence-corrected chi connectivity index (χ0v) is 12.4. The molecule has 0 aliphatic carbocycles. The average molecular weight is 259 g/mol. The summed E-state index contributed by atoms with van der Waals surface area (Å²) in [4.78, 5) is 15.0. The van der Waals surface area contributed by atoms with Crippen molar-refractivity contribution in [3.05, 3.63) is 35.4 Å². The van der Waals surface area contributed by atoms with Crippen LogP contribution in [0.2, 0.25) is 0 Å². The van der Waals surface area contributed by atoms with Crippen LogP contribution >= 0.6 is 0 Å². The Balaban J connectivity index is 2.13. The summed E-state index contributed by atoms with van der Waals surface area (Å²) < 4.78 is 0. The Labute approximate surface area is 116 Å². The molecule has 2 heteroatoms. The molecule has 1 aromatic rings. The quantitative estimate of drug-likeness (QED) is 0.752. The van der Waals surface area contributed by atoms with E-state index in [9.17, 15) is 4.79 Å². The molecule has 2 nitrogen and oxygen atoms in total. The van der Waals surface area contributed by atoms with Gasteiger partial charge in [0.2, 0.25) is 0 Å². The number of rotatable bonds is 5. The summed E-state index contributed by atoms with van der Waals surface area (Å²) in [6, 6.07) is 8.17. The maximum atomic E-state index is 12.7. The van der Waals surface area contributed by atoms with Crippen molar-refractivity contribution in [2.24, 2.45) is 0 Å². The highest BCUT2D eigenvalue weighted by Gasteiger charge is 2.36. The van der Waals surface area contributed by atoms with Gasteiger partial charge in [0.15, 0.2) is 5.78 Å². The molecule has 1 fully saturated rings. The lowest BCUT2D eigenvalue weighted by atomic mass is 9.91. The SMILES string of the molecule is CCCc1ccc(C(=O)C(C)(C)N2CCCC2)cc1. The Kier molecular flexibility index (Phi) is 4.41. The van der Waals surface area contributed by atoms with Crippen LogP contribution < -0.4 is 0 Å². The molecular weight excluding hydrogens is 234 g/mol. The summed E-state index contributed by atoms with van der Waals surface area (Å²) >= 11 is 0. The molecule has 0 unspecified atom stereocenters. The van der Waals surface area contributed by atoms with Crippen molar-refractivity contribution in [2.75, 3.05) is 13.1 Å². The molecule has 0 atom stereocenters. The van der Waals surface area contributed by atoms with E-state index in [1.807, 2.05) is 12.1 Å². The zero-order valence-electron chi connectivity index (χ0n) is 12.4. The first-order valence-corrected chi connectivity index (χ1v) is 7.44. The number of nitrogens with zero attached hydrogens (tertiary/aromatic N) is 1. The van der Waals surface area contributed by atoms with Crippen LogP contribution in [0.1, 0.15) is 56.0 Å². The van der Waals surface area contributed by atoms with E-state index in [1.54, 1.807) is 0 Å². The van der Waals surface area contributed by atoms with Gasteiger partial charge < -0.3 is 0 Å². The van der Waals surface area contributed by atoms with Crippen LogP contribution in [0, 0.1) is 0 Å². The van der Waals surface area contributed by atoms with E-state index in [0.717, 1.165) is 31.5 Å². The topological polar surface area (TPSA) is 20.3 Å². The van der Waals surface area contributed by atoms with Gasteiger partial charge in [-0.3, -0.25) is 9.69 Å². The fourth-order valence-corrected chi connectivity index (χ4v) is 2.88. The van der Waals surface area contributed by atoms with Crippen molar-refractivity contribution in [3.8, 4) is 0 Å². The van der Waals surface area contributed by atoms with E-state index in [1.165, 1.54) is 18.4 Å². The predicted octanol–water partition coefficient (Wildman–Crippen LogP) is 3.70. The van der Waals surface area contributed by atoms with Crippen molar-refractivity contribution in [2.45, 2.75) is 52.0 Å². The van der Waals surface area contributed by atoms with Crippen molar-refractivity contribution >= 4 is 5.78 Å². The van der Waals surface area contributed by atoms with Crippen LogP contribution in [0.25, 0.3) is 0 Å². The minimum atomic E-state index is -0.372. The number of hydrogen-bond acceptors (Lipinski definition) is 2. The van der Waals surface area contributed by atoms with E-state index >= 15 is 0 Å². The van der Waals surface area contributed by atoms with Gasteiger partial charge in [0.1, 0.15) is 0 Å². The number of aryl methyl sites for hydroxylation is 1. The average Bonchev–Trinajstić information content (AvgIpc) is 2.94. The second-order valence-electron chi connectivity index (χ2n) is 6.03. The third kappa shape index (κ3) is 3.06. The summed E-state index contributed by atoms with van der Waals surface area (Å²) in [5.41, 5.74) is 1.79. The Morgan fingerprint density at radius 2 is 1.74 bits per heavy atom. The number of carbonyl (C=O) groups excluding carboxylic acids is 1. The van der Waals surface area contributed by atoms with Gasteiger partial charge in [0.05, 0.1) is 5.54 Å². The molecule has 0 saturated carbocycles. The molecule has 1 saturated heterocycles. The van der Waals surface area contributed by atoms with Crippen LogP contribution in [0.5, 0.6) is 0 Å². The van der Waals surface area contributed by atoms with E-state index in [0.29, 0.717) is 0 Å². The number of hydrogen-bond donors (Lipinski definition) is 0. The van der Waals surface area contributed by atoms with Crippen LogP contribution in [-0.2, 0) is 6.42 Å². The predicted molar refractivity (Wildman–Crippen MR) is 79.7 cm³/mol. The minimum Gasteiger partial charge on any atom is -0.292 e. The molecule has 1 aliphatic rings. The lowest BCUT2D eigenvalue weighted by molar-refractivity contribution is 0.0702. The smallest absolute Gasteiger partial charge is 0.182 e. The molecule has 1 aromatic carbocycles. The second-order valence-corrected chi connectivity index (χ2v) is 6.03. The second kappa shape index (κ2) is 5.87. The fourth-order valence-electron chi connectivity index (χ4n) is 2.88. The Morgan fingerprint density at radius 1 is 1.16 bits per heavy atom. The van der Waals surface area contributed by atoms with E-state index < -0.39 is 0 Å². The molecule has 1 heterocycles. The standard InChI is InChI=1S/C17H25NO/c1-4-7-14-8-10-15(11-9-14)16(19)17(2,3)18-12-5-6-13-18/h8-11H,4-7,12-13H2,1-3H3.